The summed E-state index contributed by atoms with van der Waals surface area (Å²) in [5.74, 6) is 1.50. The summed E-state index contributed by atoms with van der Waals surface area (Å²) in [6, 6.07) is 4.85. The Kier molecular flexibility index (Phi) is 5.93. The van der Waals surface area contributed by atoms with Crippen LogP contribution in [0.2, 0.25) is 0 Å². The average molecular weight is 331 g/mol. The predicted molar refractivity (Wildman–Crippen MR) is 89.4 cm³/mol. The first-order chi connectivity index (χ1) is 11.5. The van der Waals surface area contributed by atoms with Crippen molar-refractivity contribution < 1.29 is 14.0 Å². The largest absolute Gasteiger partial charge is 0.358 e. The minimum absolute atomic E-state index is 0.143. The fourth-order valence-electron chi connectivity index (χ4n) is 3.14. The molecule has 2 rings (SSSR count). The van der Waals surface area contributed by atoms with E-state index in [1.807, 2.05) is 0 Å². The van der Waals surface area contributed by atoms with Gasteiger partial charge in [-0.1, -0.05) is 24.1 Å². The zero-order valence-electron chi connectivity index (χ0n) is 14.0. The molecule has 1 fully saturated rings. The zero-order chi connectivity index (χ0) is 17.7. The van der Waals surface area contributed by atoms with Gasteiger partial charge in [-0.25, -0.2) is 4.39 Å². The molecule has 6 heteroatoms. The summed E-state index contributed by atoms with van der Waals surface area (Å²) in [4.78, 5) is 28.3. The first-order valence-corrected chi connectivity index (χ1v) is 7.91. The monoisotopic (exact) mass is 331 g/mol. The van der Waals surface area contributed by atoms with E-state index in [9.17, 15) is 14.0 Å². The Morgan fingerprint density at radius 3 is 2.83 bits per heavy atom. The van der Waals surface area contributed by atoms with E-state index in [-0.39, 0.29) is 23.9 Å². The Morgan fingerprint density at radius 1 is 1.50 bits per heavy atom. The Hall–Kier alpha value is -2.39. The third kappa shape index (κ3) is 3.57. The number of likely N-dealkylation sites (tertiary alicyclic amines) is 1. The summed E-state index contributed by atoms with van der Waals surface area (Å²) in [7, 11) is 3.14. The van der Waals surface area contributed by atoms with Crippen LogP contribution in [-0.4, -0.2) is 54.8 Å². The van der Waals surface area contributed by atoms with E-state index in [4.69, 9.17) is 6.42 Å². The van der Waals surface area contributed by atoms with Crippen LogP contribution in [-0.2, 0) is 9.59 Å². The van der Waals surface area contributed by atoms with Gasteiger partial charge in [-0.3, -0.25) is 14.5 Å². The van der Waals surface area contributed by atoms with Crippen molar-refractivity contribution in [2.24, 2.45) is 0 Å². The highest BCUT2D eigenvalue weighted by molar-refractivity contribution is 5.86. The van der Waals surface area contributed by atoms with Crippen molar-refractivity contribution in [3.05, 3.63) is 35.6 Å². The number of halogens is 1. The number of hydrogen-bond donors (Lipinski definition) is 1. The van der Waals surface area contributed by atoms with Crippen molar-refractivity contribution in [2.45, 2.75) is 24.9 Å². The molecule has 24 heavy (non-hydrogen) atoms. The van der Waals surface area contributed by atoms with Gasteiger partial charge in [-0.05, 0) is 18.9 Å². The third-order valence-electron chi connectivity index (χ3n) is 4.31. The van der Waals surface area contributed by atoms with Gasteiger partial charge < -0.3 is 10.2 Å². The fraction of sp³-hybridized carbons (Fsp3) is 0.444. The quantitative estimate of drug-likeness (QED) is 0.824. The summed E-state index contributed by atoms with van der Waals surface area (Å²) in [5, 5.41) is 2.58. The highest BCUT2D eigenvalue weighted by Crippen LogP contribution is 2.31. The number of likely N-dealkylation sites (N-methyl/N-ethyl adjacent to an activating group) is 2. The molecule has 1 aromatic carbocycles. The van der Waals surface area contributed by atoms with Crippen molar-refractivity contribution >= 4 is 11.8 Å². The van der Waals surface area contributed by atoms with Crippen molar-refractivity contribution in [1.82, 2.24) is 15.1 Å². The number of amides is 2. The second-order valence-corrected chi connectivity index (χ2v) is 5.83. The van der Waals surface area contributed by atoms with Crippen LogP contribution in [0, 0.1) is 18.2 Å². The number of nitrogens with one attached hydrogen (secondary N) is 1. The van der Waals surface area contributed by atoms with Gasteiger partial charge in [0.15, 0.2) is 0 Å². The molecule has 5 nitrogen and oxygen atoms in total. The highest BCUT2D eigenvalue weighted by Gasteiger charge is 2.40. The number of carbonyl (C=O) groups is 2. The van der Waals surface area contributed by atoms with E-state index >= 15 is 0 Å². The second kappa shape index (κ2) is 7.93. The Morgan fingerprint density at radius 2 is 2.21 bits per heavy atom. The van der Waals surface area contributed by atoms with Crippen molar-refractivity contribution in [1.29, 1.82) is 0 Å². The molecule has 1 aliphatic rings. The van der Waals surface area contributed by atoms with Gasteiger partial charge in [0.25, 0.3) is 0 Å². The first-order valence-electron chi connectivity index (χ1n) is 7.91. The SMILES string of the molecule is C#CCN(C)C(=O)[C@@H]1CCCN1[C@@H](C(=O)NC)c1ccccc1F. The lowest BCUT2D eigenvalue weighted by molar-refractivity contribution is -0.137. The minimum Gasteiger partial charge on any atom is -0.358 e. The van der Waals surface area contributed by atoms with E-state index in [0.717, 1.165) is 6.42 Å². The average Bonchev–Trinajstić information content (AvgIpc) is 3.05. The number of carbonyl (C=O) groups excluding carboxylic acids is 2. The molecule has 128 valence electrons. The van der Waals surface area contributed by atoms with Crippen LogP contribution in [0.4, 0.5) is 4.39 Å². The molecule has 1 N–H and O–H groups in total. The van der Waals surface area contributed by atoms with Crippen LogP contribution < -0.4 is 5.32 Å². The molecule has 0 aliphatic carbocycles. The summed E-state index contributed by atoms with van der Waals surface area (Å²) in [6.07, 6.45) is 6.66. The molecular formula is C18H22FN3O2. The van der Waals surface area contributed by atoms with E-state index < -0.39 is 17.9 Å². The molecule has 2 atom stereocenters. The summed E-state index contributed by atoms with van der Waals surface area (Å²) < 4.78 is 14.3. The maximum Gasteiger partial charge on any atom is 0.241 e. The normalized spacial score (nSPS) is 18.7. The van der Waals surface area contributed by atoms with E-state index in [1.165, 1.54) is 18.0 Å². The number of rotatable bonds is 5. The second-order valence-electron chi connectivity index (χ2n) is 5.83. The zero-order valence-corrected chi connectivity index (χ0v) is 14.0. The lowest BCUT2D eigenvalue weighted by Crippen LogP contribution is -2.49. The number of terminal acetylenes is 1. The van der Waals surface area contributed by atoms with Crippen LogP contribution in [0.5, 0.6) is 0 Å². The standard InChI is InChI=1S/C18H22FN3O2/c1-4-11-21(3)18(24)15-10-7-12-22(15)16(17(23)20-2)13-8-5-6-9-14(13)19/h1,5-6,8-9,15-16H,7,10-12H2,2-3H3,(H,20,23)/t15-,16+/m0/s1. The molecule has 2 amide bonds. The van der Waals surface area contributed by atoms with Crippen LogP contribution in [0.15, 0.2) is 24.3 Å². The van der Waals surface area contributed by atoms with Crippen LogP contribution in [0.25, 0.3) is 0 Å². The molecule has 0 unspecified atom stereocenters. The molecule has 0 radical (unpaired) electrons. The maximum atomic E-state index is 14.3. The molecule has 0 spiro atoms. The summed E-state index contributed by atoms with van der Waals surface area (Å²) in [5.41, 5.74) is 0.274. The molecule has 1 aromatic rings. The highest BCUT2D eigenvalue weighted by atomic mass is 19.1. The molecule has 0 bridgehead atoms. The molecule has 1 heterocycles. The van der Waals surface area contributed by atoms with E-state index in [1.54, 1.807) is 30.1 Å². The molecule has 0 saturated carbocycles. The van der Waals surface area contributed by atoms with Gasteiger partial charge in [0.2, 0.25) is 11.8 Å². The molecule has 1 aliphatic heterocycles. The van der Waals surface area contributed by atoms with Gasteiger partial charge in [0.05, 0.1) is 12.6 Å². The smallest absolute Gasteiger partial charge is 0.241 e. The van der Waals surface area contributed by atoms with Gasteiger partial charge in [-0.15, -0.1) is 6.42 Å². The third-order valence-corrected chi connectivity index (χ3v) is 4.31. The predicted octanol–water partition coefficient (Wildman–Crippen LogP) is 1.17. The first kappa shape index (κ1) is 18.0. The topological polar surface area (TPSA) is 52.7 Å². The minimum atomic E-state index is -0.841. The molecule has 0 aromatic heterocycles. The van der Waals surface area contributed by atoms with Gasteiger partial charge in [0.1, 0.15) is 11.9 Å². The van der Waals surface area contributed by atoms with Crippen LogP contribution >= 0.6 is 0 Å². The summed E-state index contributed by atoms with van der Waals surface area (Å²) >= 11 is 0. The van der Waals surface area contributed by atoms with Crippen molar-refractivity contribution in [3.8, 4) is 12.3 Å². The molecule has 1 saturated heterocycles. The summed E-state index contributed by atoms with van der Waals surface area (Å²) in [6.45, 7) is 0.750. The maximum absolute atomic E-state index is 14.3. The van der Waals surface area contributed by atoms with Crippen molar-refractivity contribution in [3.63, 3.8) is 0 Å². The Bertz CT molecular complexity index is 656. The van der Waals surface area contributed by atoms with Crippen LogP contribution in [0.1, 0.15) is 24.4 Å². The fourth-order valence-corrected chi connectivity index (χ4v) is 3.14. The number of nitrogens with zero attached hydrogens (tertiary/aromatic N) is 2. The lowest BCUT2D eigenvalue weighted by atomic mass is 10.0. The van der Waals surface area contributed by atoms with Crippen molar-refractivity contribution in [2.75, 3.05) is 27.2 Å². The number of benzene rings is 1. The van der Waals surface area contributed by atoms with Gasteiger partial charge in [0, 0.05) is 26.2 Å². The van der Waals surface area contributed by atoms with Gasteiger partial charge in [-0.2, -0.15) is 0 Å². The Balaban J connectivity index is 2.35. The molecular weight excluding hydrogens is 309 g/mol. The Labute approximate surface area is 141 Å². The van der Waals surface area contributed by atoms with E-state index in [0.29, 0.717) is 13.0 Å². The van der Waals surface area contributed by atoms with Crippen LogP contribution in [0.3, 0.4) is 0 Å². The van der Waals surface area contributed by atoms with E-state index in [2.05, 4.69) is 11.2 Å². The lowest BCUT2D eigenvalue weighted by Gasteiger charge is -2.33. The number of hydrogen-bond acceptors (Lipinski definition) is 3. The van der Waals surface area contributed by atoms with Gasteiger partial charge >= 0.3 is 0 Å².